The molecule has 1 aliphatic heterocycles. The van der Waals surface area contributed by atoms with E-state index in [0.29, 0.717) is 38.3 Å². The van der Waals surface area contributed by atoms with Gasteiger partial charge in [-0.3, -0.25) is 9.79 Å². The molecule has 0 spiro atoms. The number of piperidine rings is 1. The van der Waals surface area contributed by atoms with Gasteiger partial charge in [-0.15, -0.1) is 0 Å². The van der Waals surface area contributed by atoms with Crippen LogP contribution in [-0.2, 0) is 9.59 Å². The van der Waals surface area contributed by atoms with Crippen LogP contribution in [0.4, 0.5) is 0 Å². The molecule has 8 nitrogen and oxygen atoms in total. The molecule has 1 amide bonds. The van der Waals surface area contributed by atoms with E-state index in [0.717, 1.165) is 12.8 Å². The number of guanidine groups is 1. The van der Waals surface area contributed by atoms with Gasteiger partial charge in [-0.2, -0.15) is 0 Å². The van der Waals surface area contributed by atoms with E-state index in [1.54, 1.807) is 0 Å². The molecule has 3 atom stereocenters. The van der Waals surface area contributed by atoms with Crippen LogP contribution in [-0.4, -0.2) is 53.0 Å². The molecule has 0 aromatic carbocycles. The molecule has 8 heteroatoms. The topological polar surface area (TPSA) is 148 Å². The van der Waals surface area contributed by atoms with Gasteiger partial charge >= 0.3 is 5.97 Å². The second-order valence-electron chi connectivity index (χ2n) is 5.74. The lowest BCUT2D eigenvalue weighted by atomic mass is 9.88. The lowest BCUT2D eigenvalue weighted by Gasteiger charge is -2.38. The molecule has 0 saturated carbocycles. The Hall–Kier alpha value is -1.83. The molecule has 1 fully saturated rings. The lowest BCUT2D eigenvalue weighted by Crippen LogP contribution is -2.54. The molecule has 0 aliphatic carbocycles. The Morgan fingerprint density at radius 2 is 2.09 bits per heavy atom. The van der Waals surface area contributed by atoms with E-state index in [-0.39, 0.29) is 11.9 Å². The molecule has 0 bridgehead atoms. The summed E-state index contributed by atoms with van der Waals surface area (Å²) in [6.45, 7) is 2.90. The maximum Gasteiger partial charge on any atom is 0.326 e. The summed E-state index contributed by atoms with van der Waals surface area (Å²) in [5.74, 6) is -0.901. The standard InChI is InChI=1S/C14H27N5O3/c1-2-9-5-7-19(11(8-9)13(21)22)12(20)10(15)4-3-6-18-14(16)17/h9-11H,2-8,15H2,1H3,(H,21,22)(H4,16,17,18)/t9-,10+,11+/m0/s1. The number of aliphatic carboxylic acids is 1. The third-order valence-electron chi connectivity index (χ3n) is 4.14. The molecule has 1 aliphatic rings. The zero-order valence-corrected chi connectivity index (χ0v) is 13.1. The van der Waals surface area contributed by atoms with Crippen LogP contribution in [0, 0.1) is 5.92 Å². The first-order valence-electron chi connectivity index (χ1n) is 7.71. The highest BCUT2D eigenvalue weighted by Crippen LogP contribution is 2.26. The normalized spacial score (nSPS) is 22.9. The van der Waals surface area contributed by atoms with Gasteiger partial charge in [-0.25, -0.2) is 4.79 Å². The van der Waals surface area contributed by atoms with E-state index < -0.39 is 18.1 Å². The Morgan fingerprint density at radius 1 is 1.41 bits per heavy atom. The maximum absolute atomic E-state index is 12.4. The number of nitrogens with zero attached hydrogens (tertiary/aromatic N) is 2. The van der Waals surface area contributed by atoms with Crippen LogP contribution in [0.1, 0.15) is 39.0 Å². The Labute approximate surface area is 130 Å². The quantitative estimate of drug-likeness (QED) is 0.282. The fourth-order valence-corrected chi connectivity index (χ4v) is 2.76. The van der Waals surface area contributed by atoms with Crippen LogP contribution in [0.2, 0.25) is 0 Å². The van der Waals surface area contributed by atoms with Gasteiger partial charge in [-0.1, -0.05) is 13.3 Å². The first-order chi connectivity index (χ1) is 10.4. The molecule has 0 aromatic rings. The number of nitrogens with two attached hydrogens (primary N) is 3. The second-order valence-corrected chi connectivity index (χ2v) is 5.74. The van der Waals surface area contributed by atoms with Crippen molar-refractivity contribution in [2.45, 2.75) is 51.1 Å². The first kappa shape index (κ1) is 18.2. The smallest absolute Gasteiger partial charge is 0.326 e. The van der Waals surface area contributed by atoms with Crippen molar-refractivity contribution < 1.29 is 14.7 Å². The highest BCUT2D eigenvalue weighted by Gasteiger charge is 2.37. The minimum absolute atomic E-state index is 0.00692. The SMILES string of the molecule is CC[C@H]1CCN(C(=O)[C@H](N)CCCN=C(N)N)[C@@H](C(=O)O)C1. The molecular weight excluding hydrogens is 286 g/mol. The van der Waals surface area contributed by atoms with E-state index in [9.17, 15) is 14.7 Å². The molecule has 126 valence electrons. The van der Waals surface area contributed by atoms with Crippen molar-refractivity contribution in [2.24, 2.45) is 28.1 Å². The van der Waals surface area contributed by atoms with Gasteiger partial charge in [0, 0.05) is 13.1 Å². The van der Waals surface area contributed by atoms with Gasteiger partial charge in [0.05, 0.1) is 6.04 Å². The molecule has 0 radical (unpaired) electrons. The number of amides is 1. The number of aliphatic imine (C=N–C) groups is 1. The zero-order chi connectivity index (χ0) is 16.7. The Bertz CT molecular complexity index is 423. The van der Waals surface area contributed by atoms with Gasteiger partial charge < -0.3 is 27.2 Å². The van der Waals surface area contributed by atoms with Crippen molar-refractivity contribution in [1.29, 1.82) is 0 Å². The number of hydrogen-bond acceptors (Lipinski definition) is 4. The molecule has 0 aromatic heterocycles. The van der Waals surface area contributed by atoms with Crippen LogP contribution in [0.5, 0.6) is 0 Å². The van der Waals surface area contributed by atoms with Gasteiger partial charge in [0.15, 0.2) is 5.96 Å². The summed E-state index contributed by atoms with van der Waals surface area (Å²) in [4.78, 5) is 29.0. The number of carbonyl (C=O) groups is 2. The average molecular weight is 313 g/mol. The van der Waals surface area contributed by atoms with Crippen molar-refractivity contribution in [2.75, 3.05) is 13.1 Å². The second kappa shape index (κ2) is 8.57. The average Bonchev–Trinajstić information content (AvgIpc) is 2.49. The summed E-state index contributed by atoms with van der Waals surface area (Å²) < 4.78 is 0. The van der Waals surface area contributed by atoms with Crippen LogP contribution in [0.3, 0.4) is 0 Å². The third kappa shape index (κ3) is 5.18. The summed E-state index contributed by atoms with van der Waals surface area (Å²) >= 11 is 0. The van der Waals surface area contributed by atoms with E-state index in [1.807, 2.05) is 6.92 Å². The van der Waals surface area contributed by atoms with Gasteiger partial charge in [0.25, 0.3) is 0 Å². The Morgan fingerprint density at radius 3 is 2.64 bits per heavy atom. The van der Waals surface area contributed by atoms with Crippen molar-refractivity contribution in [3.63, 3.8) is 0 Å². The van der Waals surface area contributed by atoms with E-state index >= 15 is 0 Å². The number of hydrogen-bond donors (Lipinski definition) is 4. The maximum atomic E-state index is 12.4. The van der Waals surface area contributed by atoms with E-state index in [4.69, 9.17) is 17.2 Å². The van der Waals surface area contributed by atoms with E-state index in [2.05, 4.69) is 4.99 Å². The molecule has 22 heavy (non-hydrogen) atoms. The highest BCUT2D eigenvalue weighted by atomic mass is 16.4. The Balaban J connectivity index is 2.58. The number of carboxylic acids is 1. The predicted molar refractivity (Wildman–Crippen MR) is 84.0 cm³/mol. The van der Waals surface area contributed by atoms with Crippen molar-refractivity contribution in [1.82, 2.24) is 4.90 Å². The summed E-state index contributed by atoms with van der Waals surface area (Å²) in [6.07, 6.45) is 3.26. The fourth-order valence-electron chi connectivity index (χ4n) is 2.76. The van der Waals surface area contributed by atoms with Crippen LogP contribution < -0.4 is 17.2 Å². The molecule has 0 unspecified atom stereocenters. The summed E-state index contributed by atoms with van der Waals surface area (Å²) in [6, 6.07) is -1.48. The third-order valence-corrected chi connectivity index (χ3v) is 4.14. The van der Waals surface area contributed by atoms with Crippen LogP contribution >= 0.6 is 0 Å². The fraction of sp³-hybridized carbons (Fsp3) is 0.786. The lowest BCUT2D eigenvalue weighted by molar-refractivity contribution is -0.153. The number of carboxylic acid groups (broad SMARTS) is 1. The predicted octanol–water partition coefficient (Wildman–Crippen LogP) is -0.531. The van der Waals surface area contributed by atoms with Gasteiger partial charge in [-0.05, 0) is 31.6 Å². The van der Waals surface area contributed by atoms with Crippen molar-refractivity contribution in [3.05, 3.63) is 0 Å². The van der Waals surface area contributed by atoms with E-state index in [1.165, 1.54) is 4.90 Å². The zero-order valence-electron chi connectivity index (χ0n) is 13.1. The molecule has 1 heterocycles. The van der Waals surface area contributed by atoms with Crippen LogP contribution in [0.25, 0.3) is 0 Å². The molecule has 1 rings (SSSR count). The van der Waals surface area contributed by atoms with Crippen molar-refractivity contribution >= 4 is 17.8 Å². The molecular formula is C14H27N5O3. The molecule has 1 saturated heterocycles. The van der Waals surface area contributed by atoms with Gasteiger partial charge in [0.2, 0.25) is 5.91 Å². The minimum Gasteiger partial charge on any atom is -0.480 e. The monoisotopic (exact) mass is 313 g/mol. The van der Waals surface area contributed by atoms with Crippen LogP contribution in [0.15, 0.2) is 4.99 Å². The largest absolute Gasteiger partial charge is 0.480 e. The molecule has 7 N–H and O–H groups in total. The summed E-state index contributed by atoms with van der Waals surface area (Å²) in [7, 11) is 0. The number of likely N-dealkylation sites (tertiary alicyclic amines) is 1. The highest BCUT2D eigenvalue weighted by molar-refractivity contribution is 5.87. The minimum atomic E-state index is -0.959. The number of rotatable bonds is 7. The Kier molecular flexibility index (Phi) is 7.10. The summed E-state index contributed by atoms with van der Waals surface area (Å²) in [5.41, 5.74) is 16.3. The number of carbonyl (C=O) groups excluding carboxylic acids is 1. The summed E-state index contributed by atoms with van der Waals surface area (Å²) in [5, 5.41) is 9.35. The first-order valence-corrected chi connectivity index (χ1v) is 7.71. The van der Waals surface area contributed by atoms with Crippen molar-refractivity contribution in [3.8, 4) is 0 Å². The van der Waals surface area contributed by atoms with Gasteiger partial charge in [0.1, 0.15) is 6.04 Å².